The van der Waals surface area contributed by atoms with Crippen LogP contribution in [0.25, 0.3) is 33.5 Å². The third-order valence-electron chi connectivity index (χ3n) is 6.28. The SMILES string of the molecule is O=c1c2ccccc2nc(-c2cc3cc(Br)ccc3o2)n1N=Cc1cc([N+](=O)[O-])ccc1OCc1ccc(F)cc1. The summed E-state index contributed by atoms with van der Waals surface area (Å²) in [6.07, 6.45) is 1.30. The van der Waals surface area contributed by atoms with Crippen molar-refractivity contribution in [3.05, 3.63) is 133 Å². The van der Waals surface area contributed by atoms with E-state index in [2.05, 4.69) is 26.0 Å². The molecule has 0 saturated carbocycles. The Morgan fingerprint density at radius 2 is 1.85 bits per heavy atom. The molecule has 0 aliphatic carbocycles. The Bertz CT molecular complexity index is 2040. The first-order valence-electron chi connectivity index (χ1n) is 12.3. The molecule has 0 atom stereocenters. The van der Waals surface area contributed by atoms with Gasteiger partial charge in [-0.25, -0.2) is 9.37 Å². The number of nitrogens with zero attached hydrogens (tertiary/aromatic N) is 4. The molecule has 4 aromatic carbocycles. The van der Waals surface area contributed by atoms with Gasteiger partial charge < -0.3 is 9.15 Å². The van der Waals surface area contributed by atoms with Crippen molar-refractivity contribution in [2.24, 2.45) is 5.10 Å². The Kier molecular flexibility index (Phi) is 6.86. The first-order valence-corrected chi connectivity index (χ1v) is 13.1. The van der Waals surface area contributed by atoms with E-state index in [0.717, 1.165) is 14.5 Å². The maximum Gasteiger partial charge on any atom is 0.282 e. The summed E-state index contributed by atoms with van der Waals surface area (Å²) < 4.78 is 27.2. The van der Waals surface area contributed by atoms with Gasteiger partial charge in [-0.2, -0.15) is 9.78 Å². The number of rotatable bonds is 7. The molecule has 0 spiro atoms. The number of hydrogen-bond acceptors (Lipinski definition) is 7. The Balaban J connectivity index is 1.46. The second-order valence-electron chi connectivity index (χ2n) is 9.00. The molecule has 0 fully saturated rings. The van der Waals surface area contributed by atoms with Gasteiger partial charge in [0.1, 0.15) is 23.8 Å². The Morgan fingerprint density at radius 3 is 2.66 bits per heavy atom. The normalized spacial score (nSPS) is 11.5. The summed E-state index contributed by atoms with van der Waals surface area (Å²) in [6, 6.07) is 23.9. The van der Waals surface area contributed by atoms with Crippen molar-refractivity contribution in [1.29, 1.82) is 0 Å². The van der Waals surface area contributed by atoms with Crippen molar-refractivity contribution in [1.82, 2.24) is 9.66 Å². The average molecular weight is 613 g/mol. The second kappa shape index (κ2) is 10.8. The van der Waals surface area contributed by atoms with Crippen LogP contribution < -0.4 is 10.3 Å². The first-order chi connectivity index (χ1) is 19.9. The monoisotopic (exact) mass is 612 g/mol. The lowest BCUT2D eigenvalue weighted by molar-refractivity contribution is -0.384. The molecule has 0 saturated heterocycles. The molecule has 2 aromatic heterocycles. The van der Waals surface area contributed by atoms with Crippen LogP contribution in [-0.2, 0) is 6.61 Å². The average Bonchev–Trinajstić information content (AvgIpc) is 3.39. The zero-order chi connectivity index (χ0) is 28.5. The quantitative estimate of drug-likeness (QED) is 0.108. The van der Waals surface area contributed by atoms with E-state index >= 15 is 0 Å². The standard InChI is InChI=1S/C30H18BrFN4O5/c31-21-7-11-27-19(13-21)15-28(41-27)29-34-25-4-2-1-3-24(25)30(37)35(29)33-16-20-14-23(36(38)39)10-12-26(20)40-17-18-5-8-22(32)9-6-18/h1-16H,17H2. The number of benzene rings is 4. The van der Waals surface area contributed by atoms with Gasteiger partial charge in [0.2, 0.25) is 5.82 Å². The summed E-state index contributed by atoms with van der Waals surface area (Å²) in [5.74, 6) is 0.362. The van der Waals surface area contributed by atoms with E-state index in [9.17, 15) is 19.3 Å². The van der Waals surface area contributed by atoms with Crippen LogP contribution in [0.15, 0.2) is 110 Å². The number of hydrogen-bond donors (Lipinski definition) is 0. The summed E-state index contributed by atoms with van der Waals surface area (Å²) in [7, 11) is 0. The van der Waals surface area contributed by atoms with Gasteiger partial charge in [0, 0.05) is 27.6 Å². The van der Waals surface area contributed by atoms with Crippen LogP contribution in [0.4, 0.5) is 10.1 Å². The number of fused-ring (bicyclic) bond motifs is 2. The Morgan fingerprint density at radius 1 is 1.05 bits per heavy atom. The molecular weight excluding hydrogens is 595 g/mol. The highest BCUT2D eigenvalue weighted by molar-refractivity contribution is 9.10. The molecule has 9 nitrogen and oxygen atoms in total. The number of aromatic nitrogens is 2. The van der Waals surface area contributed by atoms with E-state index in [0.29, 0.717) is 27.8 Å². The predicted molar refractivity (Wildman–Crippen MR) is 156 cm³/mol. The minimum absolute atomic E-state index is 0.0796. The number of non-ortho nitro benzene ring substituents is 1. The summed E-state index contributed by atoms with van der Waals surface area (Å²) >= 11 is 3.45. The lowest BCUT2D eigenvalue weighted by Crippen LogP contribution is -2.20. The van der Waals surface area contributed by atoms with E-state index in [1.54, 1.807) is 48.5 Å². The van der Waals surface area contributed by atoms with Gasteiger partial charge >= 0.3 is 0 Å². The fourth-order valence-corrected chi connectivity index (χ4v) is 4.64. The molecule has 0 aliphatic heterocycles. The highest BCUT2D eigenvalue weighted by Crippen LogP contribution is 2.30. The van der Waals surface area contributed by atoms with Crippen molar-refractivity contribution in [3.8, 4) is 17.3 Å². The molecule has 0 bridgehead atoms. The number of para-hydroxylation sites is 1. The van der Waals surface area contributed by atoms with Crippen molar-refractivity contribution in [3.63, 3.8) is 0 Å². The topological polar surface area (TPSA) is 113 Å². The van der Waals surface area contributed by atoms with Crippen LogP contribution in [0.1, 0.15) is 11.1 Å². The van der Waals surface area contributed by atoms with E-state index in [4.69, 9.17) is 9.15 Å². The number of nitro groups is 1. The highest BCUT2D eigenvalue weighted by atomic mass is 79.9. The van der Waals surface area contributed by atoms with Crippen molar-refractivity contribution >= 4 is 49.7 Å². The second-order valence-corrected chi connectivity index (χ2v) is 9.92. The zero-order valence-electron chi connectivity index (χ0n) is 21.0. The maximum atomic E-state index is 13.6. The van der Waals surface area contributed by atoms with Gasteiger partial charge in [0.15, 0.2) is 5.76 Å². The van der Waals surface area contributed by atoms with Crippen LogP contribution in [0, 0.1) is 15.9 Å². The minimum atomic E-state index is -0.539. The molecule has 0 radical (unpaired) electrons. The van der Waals surface area contributed by atoms with Gasteiger partial charge in [-0.15, -0.1) is 0 Å². The zero-order valence-corrected chi connectivity index (χ0v) is 22.6. The fourth-order valence-electron chi connectivity index (χ4n) is 4.26. The van der Waals surface area contributed by atoms with Gasteiger partial charge in [-0.3, -0.25) is 14.9 Å². The van der Waals surface area contributed by atoms with E-state index < -0.39 is 10.5 Å². The van der Waals surface area contributed by atoms with Gasteiger partial charge in [-0.05, 0) is 60.2 Å². The molecule has 0 aliphatic rings. The molecule has 6 rings (SSSR count). The van der Waals surface area contributed by atoms with Crippen LogP contribution in [0.5, 0.6) is 5.75 Å². The van der Waals surface area contributed by atoms with Crippen molar-refractivity contribution in [2.75, 3.05) is 0 Å². The molecule has 0 amide bonds. The van der Waals surface area contributed by atoms with Crippen LogP contribution in [0.3, 0.4) is 0 Å². The van der Waals surface area contributed by atoms with Gasteiger partial charge in [0.25, 0.3) is 11.2 Å². The number of halogens is 2. The van der Waals surface area contributed by atoms with E-state index in [-0.39, 0.29) is 35.2 Å². The fraction of sp³-hybridized carbons (Fsp3) is 0.0333. The van der Waals surface area contributed by atoms with Crippen molar-refractivity contribution in [2.45, 2.75) is 6.61 Å². The number of nitro benzene ring substituents is 1. The lowest BCUT2D eigenvalue weighted by Gasteiger charge is -2.10. The van der Waals surface area contributed by atoms with Crippen molar-refractivity contribution < 1.29 is 18.5 Å². The summed E-state index contributed by atoms with van der Waals surface area (Å²) in [4.78, 5) is 29.2. The molecule has 0 unspecified atom stereocenters. The third-order valence-corrected chi connectivity index (χ3v) is 6.77. The molecule has 11 heteroatoms. The maximum absolute atomic E-state index is 13.6. The smallest absolute Gasteiger partial charge is 0.282 e. The minimum Gasteiger partial charge on any atom is -0.488 e. The molecule has 2 heterocycles. The van der Waals surface area contributed by atoms with Gasteiger partial charge in [-0.1, -0.05) is 40.2 Å². The number of ether oxygens (including phenoxy) is 1. The first kappa shape index (κ1) is 26.1. The largest absolute Gasteiger partial charge is 0.488 e. The predicted octanol–water partition coefficient (Wildman–Crippen LogP) is 7.08. The van der Waals surface area contributed by atoms with Crippen LogP contribution in [-0.4, -0.2) is 20.8 Å². The van der Waals surface area contributed by atoms with E-state index in [1.165, 1.54) is 36.5 Å². The number of furan rings is 1. The van der Waals surface area contributed by atoms with Crippen LogP contribution in [0.2, 0.25) is 0 Å². The lowest BCUT2D eigenvalue weighted by atomic mass is 10.2. The molecule has 41 heavy (non-hydrogen) atoms. The molecular formula is C30H18BrFN4O5. The Labute approximate surface area is 239 Å². The van der Waals surface area contributed by atoms with E-state index in [1.807, 2.05) is 12.1 Å². The molecule has 202 valence electrons. The third kappa shape index (κ3) is 5.35. The molecule has 6 aromatic rings. The Hall–Kier alpha value is -5.16. The van der Waals surface area contributed by atoms with Gasteiger partial charge in [0.05, 0.1) is 22.0 Å². The summed E-state index contributed by atoms with van der Waals surface area (Å²) in [5.41, 5.74) is 1.35. The summed E-state index contributed by atoms with van der Waals surface area (Å²) in [5, 5.41) is 17.0. The highest BCUT2D eigenvalue weighted by Gasteiger charge is 2.17. The summed E-state index contributed by atoms with van der Waals surface area (Å²) in [6.45, 7) is 0.0796. The molecule has 0 N–H and O–H groups in total. The van der Waals surface area contributed by atoms with Crippen LogP contribution >= 0.6 is 15.9 Å².